The molecule has 0 N–H and O–H groups in total. The van der Waals surface area contributed by atoms with E-state index >= 15 is 0 Å². The molecular formula is C11H17F3N2S. The van der Waals surface area contributed by atoms with E-state index in [0.29, 0.717) is 12.3 Å². The Morgan fingerprint density at radius 3 is 2.29 bits per heavy atom. The Kier molecular flexibility index (Phi) is 4.17. The predicted octanol–water partition coefficient (Wildman–Crippen LogP) is 3.49. The Hall–Kier alpha value is -0.650. The highest BCUT2D eigenvalue weighted by Crippen LogP contribution is 2.30. The van der Waals surface area contributed by atoms with Crippen LogP contribution in [0, 0.1) is 11.3 Å². The smallest absolute Gasteiger partial charge is 0.272 e. The molecule has 1 unspecified atom stereocenters. The first-order valence-electron chi connectivity index (χ1n) is 5.36. The van der Waals surface area contributed by atoms with Gasteiger partial charge in [-0.15, -0.1) is 0 Å². The van der Waals surface area contributed by atoms with E-state index in [2.05, 4.69) is 17.7 Å². The molecule has 0 saturated heterocycles. The van der Waals surface area contributed by atoms with Crippen LogP contribution < -0.4 is 0 Å². The zero-order chi connectivity index (χ0) is 13.3. The third kappa shape index (κ3) is 3.94. The zero-order valence-electron chi connectivity index (χ0n) is 10.1. The van der Waals surface area contributed by atoms with Crippen molar-refractivity contribution in [2.75, 3.05) is 5.75 Å². The minimum Gasteiger partial charge on any atom is -0.272 e. The van der Waals surface area contributed by atoms with Crippen LogP contribution in [0.25, 0.3) is 0 Å². The molecule has 98 valence electrons. The van der Waals surface area contributed by atoms with Crippen LogP contribution in [0.1, 0.15) is 26.5 Å². The lowest BCUT2D eigenvalue weighted by Crippen LogP contribution is -2.27. The van der Waals surface area contributed by atoms with E-state index in [1.807, 2.05) is 20.8 Å². The first kappa shape index (κ1) is 14.4. The minimum atomic E-state index is -4.37. The van der Waals surface area contributed by atoms with Gasteiger partial charge in [0.2, 0.25) is 0 Å². The maximum atomic E-state index is 12.4. The zero-order valence-corrected chi connectivity index (χ0v) is 11.0. The molecule has 0 amide bonds. The largest absolute Gasteiger partial charge is 0.435 e. The van der Waals surface area contributed by atoms with E-state index < -0.39 is 11.9 Å². The second kappa shape index (κ2) is 4.92. The Morgan fingerprint density at radius 2 is 1.94 bits per heavy atom. The highest BCUT2D eigenvalue weighted by Gasteiger charge is 2.34. The number of rotatable bonds is 3. The summed E-state index contributed by atoms with van der Waals surface area (Å²) in [6.07, 6.45) is -3.01. The Morgan fingerprint density at radius 1 is 1.35 bits per heavy atom. The molecule has 1 heterocycles. The molecule has 0 aliphatic carbocycles. The molecule has 1 aromatic heterocycles. The van der Waals surface area contributed by atoms with Crippen molar-refractivity contribution in [1.82, 2.24) is 9.78 Å². The molecule has 1 rings (SSSR count). The summed E-state index contributed by atoms with van der Waals surface area (Å²) in [6, 6.07) is 0.998. The Bertz CT molecular complexity index is 366. The number of hydrogen-bond acceptors (Lipinski definition) is 2. The molecular weight excluding hydrogens is 249 g/mol. The van der Waals surface area contributed by atoms with Crippen molar-refractivity contribution in [2.24, 2.45) is 11.3 Å². The summed E-state index contributed by atoms with van der Waals surface area (Å²) in [6.45, 7) is 6.58. The van der Waals surface area contributed by atoms with Crippen molar-refractivity contribution in [3.8, 4) is 0 Å². The van der Waals surface area contributed by atoms with Crippen molar-refractivity contribution in [3.63, 3.8) is 0 Å². The fraction of sp³-hybridized carbons (Fsp3) is 0.727. The quantitative estimate of drug-likeness (QED) is 0.829. The maximum absolute atomic E-state index is 12.4. The van der Waals surface area contributed by atoms with Crippen LogP contribution >= 0.6 is 12.6 Å². The van der Waals surface area contributed by atoms with E-state index in [1.165, 1.54) is 10.9 Å². The molecule has 0 aliphatic heterocycles. The van der Waals surface area contributed by atoms with Crippen LogP contribution in [0.3, 0.4) is 0 Å². The number of alkyl halides is 3. The summed E-state index contributed by atoms with van der Waals surface area (Å²) in [5.41, 5.74) is -0.851. The van der Waals surface area contributed by atoms with Gasteiger partial charge in [0.25, 0.3) is 0 Å². The van der Waals surface area contributed by atoms with Gasteiger partial charge in [-0.25, -0.2) is 0 Å². The lowest BCUT2D eigenvalue weighted by Gasteiger charge is -2.29. The summed E-state index contributed by atoms with van der Waals surface area (Å²) in [7, 11) is 0. The van der Waals surface area contributed by atoms with Crippen LogP contribution in [-0.4, -0.2) is 15.5 Å². The van der Waals surface area contributed by atoms with Gasteiger partial charge in [0, 0.05) is 12.7 Å². The molecule has 17 heavy (non-hydrogen) atoms. The van der Waals surface area contributed by atoms with Gasteiger partial charge in [-0.05, 0) is 23.2 Å². The first-order valence-corrected chi connectivity index (χ1v) is 5.99. The number of hydrogen-bond donors (Lipinski definition) is 1. The topological polar surface area (TPSA) is 17.8 Å². The molecule has 6 heteroatoms. The summed E-state index contributed by atoms with van der Waals surface area (Å²) >= 11 is 4.24. The summed E-state index contributed by atoms with van der Waals surface area (Å²) in [4.78, 5) is 0. The average Bonchev–Trinajstić information content (AvgIpc) is 2.59. The van der Waals surface area contributed by atoms with Gasteiger partial charge in [-0.1, -0.05) is 20.8 Å². The van der Waals surface area contributed by atoms with E-state index in [-0.39, 0.29) is 11.3 Å². The van der Waals surface area contributed by atoms with Crippen molar-refractivity contribution in [1.29, 1.82) is 0 Å². The SMILES string of the molecule is CC(C)(C)C(CS)Cn1ccc(C(F)(F)F)n1. The fourth-order valence-electron chi connectivity index (χ4n) is 1.45. The van der Waals surface area contributed by atoms with Crippen molar-refractivity contribution >= 4 is 12.6 Å². The molecule has 1 atom stereocenters. The molecule has 0 radical (unpaired) electrons. The van der Waals surface area contributed by atoms with Crippen molar-refractivity contribution in [3.05, 3.63) is 18.0 Å². The molecule has 0 saturated carbocycles. The molecule has 0 aromatic carbocycles. The number of halogens is 3. The molecule has 2 nitrogen and oxygen atoms in total. The van der Waals surface area contributed by atoms with Crippen LogP contribution in [0.15, 0.2) is 12.3 Å². The van der Waals surface area contributed by atoms with E-state index in [9.17, 15) is 13.2 Å². The van der Waals surface area contributed by atoms with Gasteiger partial charge in [0.05, 0.1) is 0 Å². The lowest BCUT2D eigenvalue weighted by atomic mass is 9.82. The van der Waals surface area contributed by atoms with Crippen molar-refractivity contribution < 1.29 is 13.2 Å². The van der Waals surface area contributed by atoms with Gasteiger partial charge in [-0.3, -0.25) is 4.68 Å². The molecule has 0 spiro atoms. The lowest BCUT2D eigenvalue weighted by molar-refractivity contribution is -0.141. The second-order valence-electron chi connectivity index (χ2n) is 5.17. The highest BCUT2D eigenvalue weighted by molar-refractivity contribution is 7.80. The Balaban J connectivity index is 2.79. The van der Waals surface area contributed by atoms with Crippen LogP contribution in [-0.2, 0) is 12.7 Å². The van der Waals surface area contributed by atoms with Gasteiger partial charge >= 0.3 is 6.18 Å². The molecule has 0 bridgehead atoms. The predicted molar refractivity (Wildman–Crippen MR) is 64.0 cm³/mol. The number of aromatic nitrogens is 2. The van der Waals surface area contributed by atoms with Crippen LogP contribution in [0.5, 0.6) is 0 Å². The molecule has 1 aromatic rings. The normalized spacial score (nSPS) is 15.0. The van der Waals surface area contributed by atoms with Crippen LogP contribution in [0.2, 0.25) is 0 Å². The summed E-state index contributed by atoms with van der Waals surface area (Å²) < 4.78 is 38.4. The molecule has 0 aliphatic rings. The van der Waals surface area contributed by atoms with Crippen molar-refractivity contribution in [2.45, 2.75) is 33.5 Å². The monoisotopic (exact) mass is 266 g/mol. The third-order valence-electron chi connectivity index (χ3n) is 2.78. The van der Waals surface area contributed by atoms with E-state index in [1.54, 1.807) is 0 Å². The fourth-order valence-corrected chi connectivity index (χ4v) is 2.11. The van der Waals surface area contributed by atoms with Crippen LogP contribution in [0.4, 0.5) is 13.2 Å². The third-order valence-corrected chi connectivity index (χ3v) is 3.22. The maximum Gasteiger partial charge on any atom is 0.435 e. The Labute approximate surface area is 105 Å². The average molecular weight is 266 g/mol. The highest BCUT2D eigenvalue weighted by atomic mass is 32.1. The summed E-state index contributed by atoms with van der Waals surface area (Å²) in [5, 5.41) is 3.54. The van der Waals surface area contributed by atoms with Gasteiger partial charge in [-0.2, -0.15) is 30.9 Å². The summed E-state index contributed by atoms with van der Waals surface area (Å²) in [5.74, 6) is 0.789. The first-order chi connectivity index (χ1) is 7.64. The van der Waals surface area contributed by atoms with E-state index in [0.717, 1.165) is 6.07 Å². The van der Waals surface area contributed by atoms with Gasteiger partial charge in [0.1, 0.15) is 0 Å². The second-order valence-corrected chi connectivity index (χ2v) is 5.53. The minimum absolute atomic E-state index is 0.00784. The van der Waals surface area contributed by atoms with E-state index in [4.69, 9.17) is 0 Å². The van der Waals surface area contributed by atoms with Gasteiger partial charge < -0.3 is 0 Å². The number of nitrogens with zero attached hydrogens (tertiary/aromatic N) is 2. The standard InChI is InChI=1S/C11H17F3N2S/c1-10(2,3)8(7-17)6-16-5-4-9(15-16)11(12,13)14/h4-5,8,17H,6-7H2,1-3H3. The molecule has 0 fully saturated rings. The van der Waals surface area contributed by atoms with Gasteiger partial charge in [0.15, 0.2) is 5.69 Å². The number of thiol groups is 1.